The Labute approximate surface area is 360 Å². The Morgan fingerprint density at radius 3 is 1.44 bits per heavy atom. The van der Waals surface area contributed by atoms with Crippen LogP contribution in [0.4, 0.5) is 0 Å². The molecule has 0 aromatic rings. The number of carbonyl (C=O) groups excluding carboxylic acids is 6. The van der Waals surface area contributed by atoms with E-state index in [0.717, 1.165) is 0 Å². The largest absolute Gasteiger partial charge is 0.481 e. The topological polar surface area (TPSA) is 294 Å². The average Bonchev–Trinajstić information content (AvgIpc) is 3.12. The quantitative estimate of drug-likeness (QED) is 0.0319. The lowest BCUT2D eigenvalue weighted by Crippen LogP contribution is -2.49. The van der Waals surface area contributed by atoms with Gasteiger partial charge in [-0.2, -0.15) is 0 Å². The predicted molar refractivity (Wildman–Crippen MR) is 229 cm³/mol. The third kappa shape index (κ3) is 30.7. The summed E-state index contributed by atoms with van der Waals surface area (Å²) < 4.78 is 11.1. The molecule has 6 amide bonds. The monoisotopic (exact) mass is 868 g/mol. The van der Waals surface area contributed by atoms with Crippen LogP contribution in [0.2, 0.25) is 0 Å². The van der Waals surface area contributed by atoms with Gasteiger partial charge in [-0.3, -0.25) is 38.4 Å². The summed E-state index contributed by atoms with van der Waals surface area (Å²) >= 11 is 0. The molecule has 0 aliphatic heterocycles. The van der Waals surface area contributed by atoms with Crippen LogP contribution >= 0.6 is 0 Å². The number of hydrogen-bond donors (Lipinski definition) is 9. The molecule has 19 heteroatoms. The van der Waals surface area contributed by atoms with Gasteiger partial charge in [-0.15, -0.1) is 13.2 Å². The van der Waals surface area contributed by atoms with E-state index in [1.807, 2.05) is 27.7 Å². The Bertz CT molecular complexity index is 1410. The molecule has 0 fully saturated rings. The van der Waals surface area contributed by atoms with Crippen LogP contribution in [0.1, 0.15) is 112 Å². The minimum absolute atomic E-state index is 0.0196. The van der Waals surface area contributed by atoms with Crippen molar-refractivity contribution in [3.63, 3.8) is 0 Å². The number of amides is 6. The van der Waals surface area contributed by atoms with Gasteiger partial charge in [0.25, 0.3) is 0 Å². The van der Waals surface area contributed by atoms with Gasteiger partial charge in [0.1, 0.15) is 0 Å². The number of rotatable bonds is 36. The molecule has 0 heterocycles. The van der Waals surface area contributed by atoms with Gasteiger partial charge in [0.05, 0.1) is 44.9 Å². The van der Waals surface area contributed by atoms with Crippen LogP contribution in [0, 0.1) is 11.8 Å². The minimum atomic E-state index is -1.08. The second-order valence-corrected chi connectivity index (χ2v) is 16.0. The van der Waals surface area contributed by atoms with Crippen LogP contribution in [0.3, 0.4) is 0 Å². The van der Waals surface area contributed by atoms with E-state index in [4.69, 9.17) is 20.3 Å². The molecule has 0 aromatic carbocycles. The van der Waals surface area contributed by atoms with E-state index in [1.165, 1.54) is 19.1 Å². The molecule has 61 heavy (non-hydrogen) atoms. The third-order valence-electron chi connectivity index (χ3n) is 9.15. The zero-order chi connectivity index (χ0) is 46.3. The van der Waals surface area contributed by atoms with Gasteiger partial charge >= 0.3 is 11.9 Å². The first-order valence-corrected chi connectivity index (χ1v) is 21.0. The van der Waals surface area contributed by atoms with Crippen molar-refractivity contribution < 1.29 is 58.0 Å². The van der Waals surface area contributed by atoms with Crippen LogP contribution in [0.5, 0.6) is 0 Å². The van der Waals surface area contributed by atoms with Gasteiger partial charge in [0, 0.05) is 69.6 Å². The molecular weight excluding hydrogens is 794 g/mol. The van der Waals surface area contributed by atoms with E-state index in [1.54, 1.807) is 0 Å². The van der Waals surface area contributed by atoms with Gasteiger partial charge < -0.3 is 57.3 Å². The number of nitrogens with two attached hydrogens (primary N) is 1. The lowest BCUT2D eigenvalue weighted by Gasteiger charge is -2.26. The number of carbonyl (C=O) groups is 8. The number of ether oxygens (including phenoxy) is 2. The Morgan fingerprint density at radius 1 is 0.574 bits per heavy atom. The molecule has 0 saturated heterocycles. The molecule has 0 radical (unpaired) electrons. The Hall–Kier alpha value is -4.88. The second kappa shape index (κ2) is 32.8. The average molecular weight is 868 g/mol. The minimum Gasteiger partial charge on any atom is -0.481 e. The maximum atomic E-state index is 13.5. The smallest absolute Gasteiger partial charge is 0.305 e. The van der Waals surface area contributed by atoms with Crippen molar-refractivity contribution in [3.05, 3.63) is 25.3 Å². The molecule has 6 atom stereocenters. The van der Waals surface area contributed by atoms with Crippen molar-refractivity contribution >= 4 is 47.4 Å². The van der Waals surface area contributed by atoms with E-state index in [2.05, 4.69) is 45.1 Å². The number of aliphatic carboxylic acids is 2. The van der Waals surface area contributed by atoms with Crippen molar-refractivity contribution in [2.75, 3.05) is 33.0 Å². The molecule has 0 bridgehead atoms. The molecule has 348 valence electrons. The summed E-state index contributed by atoms with van der Waals surface area (Å²) in [7, 11) is 0. The maximum absolute atomic E-state index is 13.5. The highest BCUT2D eigenvalue weighted by Gasteiger charge is 2.27. The van der Waals surface area contributed by atoms with Crippen molar-refractivity contribution in [2.45, 2.75) is 148 Å². The number of carboxylic acid groups (broad SMARTS) is 2. The molecule has 0 unspecified atom stereocenters. The van der Waals surface area contributed by atoms with Crippen LogP contribution < -0.4 is 37.6 Å². The zero-order valence-electron chi connectivity index (χ0n) is 36.8. The van der Waals surface area contributed by atoms with Gasteiger partial charge in [-0.05, 0) is 44.1 Å². The summed E-state index contributed by atoms with van der Waals surface area (Å²) in [5.41, 5.74) is 5.71. The van der Waals surface area contributed by atoms with Crippen LogP contribution in [-0.4, -0.2) is 127 Å². The molecule has 10 N–H and O–H groups in total. The fraction of sp³-hybridized carbons (Fsp3) is 0.714. The Kier molecular flexibility index (Phi) is 30.2. The Balaban J connectivity index is 5.78. The van der Waals surface area contributed by atoms with Crippen molar-refractivity contribution in [3.8, 4) is 0 Å². The highest BCUT2D eigenvalue weighted by atomic mass is 16.5. The molecule has 0 rings (SSSR count). The summed E-state index contributed by atoms with van der Waals surface area (Å²) in [6.07, 6.45) is 3.81. The van der Waals surface area contributed by atoms with E-state index < -0.39 is 83.6 Å². The summed E-state index contributed by atoms with van der Waals surface area (Å²) in [6.45, 7) is 16.6. The second-order valence-electron chi connectivity index (χ2n) is 16.0. The number of nitrogens with one attached hydrogen (secondary N) is 6. The van der Waals surface area contributed by atoms with E-state index in [0.29, 0.717) is 32.2 Å². The van der Waals surface area contributed by atoms with Gasteiger partial charge in [0.2, 0.25) is 35.4 Å². The molecular formula is C42H73N7O12. The summed E-state index contributed by atoms with van der Waals surface area (Å²) in [4.78, 5) is 100. The SMILES string of the molecule is C=CCOC[C@@H](CC(=O)N[C@@H](CC(=O)O)CC(C)C)NC(=O)C[C@H](CCCCN)NC(=O)C[C@@H](NC(=O)C[C@H](COCC=C)NC(=O)C[C@H](CCC(=O)O)NC(C)=O)C(C)C. The summed E-state index contributed by atoms with van der Waals surface area (Å²) in [6, 6.07) is -4.15. The lowest BCUT2D eigenvalue weighted by atomic mass is 9.99. The van der Waals surface area contributed by atoms with Gasteiger partial charge in [0.15, 0.2) is 0 Å². The van der Waals surface area contributed by atoms with Crippen LogP contribution in [0.15, 0.2) is 25.3 Å². The third-order valence-corrected chi connectivity index (χ3v) is 9.15. The molecule has 0 saturated carbocycles. The highest BCUT2D eigenvalue weighted by Crippen LogP contribution is 2.13. The van der Waals surface area contributed by atoms with Crippen molar-refractivity contribution in [1.82, 2.24) is 31.9 Å². The Morgan fingerprint density at radius 2 is 1.02 bits per heavy atom. The predicted octanol–water partition coefficient (Wildman–Crippen LogP) is 1.44. The van der Waals surface area contributed by atoms with E-state index >= 15 is 0 Å². The molecule has 0 aliphatic carbocycles. The molecule has 0 spiro atoms. The molecule has 0 aliphatic rings. The normalized spacial score (nSPS) is 14.0. The molecule has 19 nitrogen and oxygen atoms in total. The highest BCUT2D eigenvalue weighted by molar-refractivity contribution is 5.84. The fourth-order valence-electron chi connectivity index (χ4n) is 6.39. The lowest BCUT2D eigenvalue weighted by molar-refractivity contribution is -0.138. The zero-order valence-corrected chi connectivity index (χ0v) is 36.8. The standard InChI is InChI=1S/C42H73N7O12/c1-8-16-60-25-33(21-38(53)46-32(18-27(3)4)23-42(58)59)47-36(51)19-30(12-10-11-15-43)45-40(55)24-35(28(5)6)49-39(54)22-34(26-61-17-9-2)48-37(52)20-31(44-29(7)50)13-14-41(56)57/h8-9,27-28,30-35H,1-2,10-26,43H2,3-7H3,(H,44,50)(H,45,55)(H,46,53)(H,47,51)(H,48,52)(H,49,54)(H,56,57)(H,58,59)/t30-,31-,32+,33+,34+,35+/m0/s1. The maximum Gasteiger partial charge on any atom is 0.305 e. The fourth-order valence-corrected chi connectivity index (χ4v) is 6.39. The van der Waals surface area contributed by atoms with Crippen molar-refractivity contribution in [2.24, 2.45) is 17.6 Å². The van der Waals surface area contributed by atoms with Crippen LogP contribution in [0.25, 0.3) is 0 Å². The molecule has 0 aromatic heterocycles. The van der Waals surface area contributed by atoms with Crippen molar-refractivity contribution in [1.29, 1.82) is 0 Å². The summed E-state index contributed by atoms with van der Waals surface area (Å²) in [5.74, 6) is -4.95. The first-order chi connectivity index (χ1) is 28.8. The summed E-state index contributed by atoms with van der Waals surface area (Å²) in [5, 5.41) is 35.1. The number of carboxylic acids is 2. The van der Waals surface area contributed by atoms with Crippen LogP contribution in [-0.2, 0) is 47.8 Å². The van der Waals surface area contributed by atoms with E-state index in [9.17, 15) is 43.5 Å². The number of unbranched alkanes of at least 4 members (excludes halogenated alkanes) is 1. The number of hydrogen-bond acceptors (Lipinski definition) is 11. The van der Waals surface area contributed by atoms with Gasteiger partial charge in [-0.25, -0.2) is 0 Å². The van der Waals surface area contributed by atoms with Gasteiger partial charge in [-0.1, -0.05) is 46.3 Å². The van der Waals surface area contributed by atoms with E-state index in [-0.39, 0.29) is 89.6 Å². The first kappa shape index (κ1) is 56.1. The first-order valence-electron chi connectivity index (χ1n) is 21.0.